The standard InChI is InChI=1S/C20H21ClN2O2/c21-17-13-16(22-19(24)14-7-3-1-4-8-14)11-12-18(17)23-20(25)15-9-5-2-6-10-15/h1,3-4,7-8,11-13,15H,2,5-6,9-10H2,(H,22,24)(H,23,25). The molecule has 1 aliphatic rings. The molecule has 2 N–H and O–H groups in total. The van der Waals surface area contributed by atoms with Gasteiger partial charge in [-0.1, -0.05) is 49.1 Å². The molecule has 0 bridgehead atoms. The van der Waals surface area contributed by atoms with Crippen molar-refractivity contribution >= 4 is 34.8 Å². The van der Waals surface area contributed by atoms with Crippen LogP contribution in [0.2, 0.25) is 5.02 Å². The average Bonchev–Trinajstić information content (AvgIpc) is 2.65. The summed E-state index contributed by atoms with van der Waals surface area (Å²) in [5.41, 5.74) is 1.75. The van der Waals surface area contributed by atoms with Crippen LogP contribution in [-0.2, 0) is 4.79 Å². The summed E-state index contributed by atoms with van der Waals surface area (Å²) in [6.07, 6.45) is 5.30. The molecule has 2 aromatic rings. The van der Waals surface area contributed by atoms with Crippen molar-refractivity contribution in [2.45, 2.75) is 32.1 Å². The van der Waals surface area contributed by atoms with Crippen molar-refractivity contribution in [3.05, 3.63) is 59.1 Å². The number of benzene rings is 2. The molecule has 130 valence electrons. The van der Waals surface area contributed by atoms with Crippen LogP contribution in [0, 0.1) is 5.92 Å². The molecule has 2 aromatic carbocycles. The fraction of sp³-hybridized carbons (Fsp3) is 0.300. The Morgan fingerprint density at radius 1 is 0.920 bits per heavy atom. The van der Waals surface area contributed by atoms with E-state index in [0.29, 0.717) is 22.0 Å². The molecular weight excluding hydrogens is 336 g/mol. The van der Waals surface area contributed by atoms with Crippen LogP contribution in [0.3, 0.4) is 0 Å². The number of nitrogens with one attached hydrogen (secondary N) is 2. The lowest BCUT2D eigenvalue weighted by Crippen LogP contribution is -2.24. The summed E-state index contributed by atoms with van der Waals surface area (Å²) in [5.74, 6) is -0.0967. The van der Waals surface area contributed by atoms with E-state index in [1.165, 1.54) is 6.42 Å². The third-order valence-corrected chi connectivity index (χ3v) is 4.81. The zero-order valence-electron chi connectivity index (χ0n) is 13.9. The Hall–Kier alpha value is -2.33. The summed E-state index contributed by atoms with van der Waals surface area (Å²) in [7, 11) is 0. The lowest BCUT2D eigenvalue weighted by Gasteiger charge is -2.21. The van der Waals surface area contributed by atoms with Crippen molar-refractivity contribution in [2.24, 2.45) is 5.92 Å². The first kappa shape index (κ1) is 17.5. The maximum Gasteiger partial charge on any atom is 0.255 e. The highest BCUT2D eigenvalue weighted by Gasteiger charge is 2.21. The van der Waals surface area contributed by atoms with Crippen molar-refractivity contribution in [1.82, 2.24) is 0 Å². The molecule has 0 unspecified atom stereocenters. The minimum absolute atomic E-state index is 0.0303. The summed E-state index contributed by atoms with van der Waals surface area (Å²) in [6.45, 7) is 0. The van der Waals surface area contributed by atoms with E-state index >= 15 is 0 Å². The van der Waals surface area contributed by atoms with Gasteiger partial charge in [0.05, 0.1) is 10.7 Å². The molecule has 0 aliphatic heterocycles. The van der Waals surface area contributed by atoms with Crippen LogP contribution in [0.5, 0.6) is 0 Å². The second-order valence-corrected chi connectivity index (χ2v) is 6.75. The molecule has 0 spiro atoms. The van der Waals surface area contributed by atoms with Crippen LogP contribution >= 0.6 is 11.6 Å². The molecule has 0 atom stereocenters. The van der Waals surface area contributed by atoms with Crippen molar-refractivity contribution in [1.29, 1.82) is 0 Å². The topological polar surface area (TPSA) is 58.2 Å². The number of hydrogen-bond acceptors (Lipinski definition) is 2. The normalized spacial score (nSPS) is 14.8. The number of carbonyl (C=O) groups is 2. The molecule has 0 aromatic heterocycles. The molecule has 4 nitrogen and oxygen atoms in total. The molecule has 0 heterocycles. The van der Waals surface area contributed by atoms with Crippen LogP contribution in [-0.4, -0.2) is 11.8 Å². The quantitative estimate of drug-likeness (QED) is 0.799. The van der Waals surface area contributed by atoms with Gasteiger partial charge < -0.3 is 10.6 Å². The van der Waals surface area contributed by atoms with Gasteiger partial charge in [0.2, 0.25) is 5.91 Å². The number of hydrogen-bond donors (Lipinski definition) is 2. The van der Waals surface area contributed by atoms with E-state index in [1.807, 2.05) is 18.2 Å². The second kappa shape index (κ2) is 8.17. The highest BCUT2D eigenvalue weighted by molar-refractivity contribution is 6.34. The Morgan fingerprint density at radius 2 is 1.64 bits per heavy atom. The summed E-state index contributed by atoms with van der Waals surface area (Å²) in [6, 6.07) is 14.1. The lowest BCUT2D eigenvalue weighted by atomic mass is 9.88. The highest BCUT2D eigenvalue weighted by atomic mass is 35.5. The zero-order valence-corrected chi connectivity index (χ0v) is 14.7. The largest absolute Gasteiger partial charge is 0.325 e. The lowest BCUT2D eigenvalue weighted by molar-refractivity contribution is -0.120. The molecule has 2 amide bonds. The maximum absolute atomic E-state index is 12.3. The molecular formula is C20H21ClN2O2. The maximum atomic E-state index is 12.3. The van der Waals surface area contributed by atoms with E-state index in [4.69, 9.17) is 11.6 Å². The first-order valence-electron chi connectivity index (χ1n) is 8.60. The van der Waals surface area contributed by atoms with Gasteiger partial charge >= 0.3 is 0 Å². The summed E-state index contributed by atoms with van der Waals surface area (Å²) >= 11 is 6.28. The third kappa shape index (κ3) is 4.60. The van der Waals surface area contributed by atoms with Crippen LogP contribution < -0.4 is 10.6 Å². The van der Waals surface area contributed by atoms with Gasteiger partial charge in [-0.3, -0.25) is 9.59 Å². The average molecular weight is 357 g/mol. The van der Waals surface area contributed by atoms with Gasteiger partial charge in [-0.05, 0) is 43.2 Å². The number of amides is 2. The predicted molar refractivity (Wildman–Crippen MR) is 101 cm³/mol. The zero-order chi connectivity index (χ0) is 17.6. The first-order valence-corrected chi connectivity index (χ1v) is 8.98. The fourth-order valence-electron chi connectivity index (χ4n) is 3.09. The number of anilines is 2. The third-order valence-electron chi connectivity index (χ3n) is 4.50. The van der Waals surface area contributed by atoms with E-state index in [2.05, 4.69) is 10.6 Å². The second-order valence-electron chi connectivity index (χ2n) is 6.34. The van der Waals surface area contributed by atoms with Gasteiger partial charge in [0.25, 0.3) is 5.91 Å². The Labute approximate surface area is 152 Å². The van der Waals surface area contributed by atoms with E-state index in [9.17, 15) is 9.59 Å². The molecule has 3 rings (SSSR count). The van der Waals surface area contributed by atoms with Crippen molar-refractivity contribution in [2.75, 3.05) is 10.6 Å². The minimum Gasteiger partial charge on any atom is -0.325 e. The molecule has 25 heavy (non-hydrogen) atoms. The highest BCUT2D eigenvalue weighted by Crippen LogP contribution is 2.29. The summed E-state index contributed by atoms with van der Waals surface area (Å²) in [5, 5.41) is 6.13. The van der Waals surface area contributed by atoms with E-state index in [1.54, 1.807) is 30.3 Å². The molecule has 1 saturated carbocycles. The minimum atomic E-state index is -0.198. The molecule has 1 fully saturated rings. The van der Waals surface area contributed by atoms with Gasteiger partial charge in [-0.25, -0.2) is 0 Å². The number of carbonyl (C=O) groups excluding carboxylic acids is 2. The van der Waals surface area contributed by atoms with Crippen LogP contribution in [0.1, 0.15) is 42.5 Å². The van der Waals surface area contributed by atoms with Crippen LogP contribution in [0.15, 0.2) is 48.5 Å². The summed E-state index contributed by atoms with van der Waals surface area (Å²) in [4.78, 5) is 24.5. The van der Waals surface area contributed by atoms with Crippen molar-refractivity contribution in [3.8, 4) is 0 Å². The Balaban J connectivity index is 1.64. The van der Waals surface area contributed by atoms with Gasteiger partial charge in [-0.15, -0.1) is 0 Å². The van der Waals surface area contributed by atoms with Gasteiger partial charge in [0.15, 0.2) is 0 Å². The van der Waals surface area contributed by atoms with Crippen LogP contribution in [0.25, 0.3) is 0 Å². The molecule has 0 radical (unpaired) electrons. The first-order chi connectivity index (χ1) is 12.1. The number of rotatable bonds is 4. The van der Waals surface area contributed by atoms with Crippen molar-refractivity contribution < 1.29 is 9.59 Å². The van der Waals surface area contributed by atoms with E-state index < -0.39 is 0 Å². The molecule has 1 aliphatic carbocycles. The van der Waals surface area contributed by atoms with E-state index in [0.717, 1.165) is 25.7 Å². The van der Waals surface area contributed by atoms with Crippen LogP contribution in [0.4, 0.5) is 11.4 Å². The smallest absolute Gasteiger partial charge is 0.255 e. The van der Waals surface area contributed by atoms with E-state index in [-0.39, 0.29) is 17.7 Å². The van der Waals surface area contributed by atoms with Crippen molar-refractivity contribution in [3.63, 3.8) is 0 Å². The summed E-state index contributed by atoms with van der Waals surface area (Å²) < 4.78 is 0. The fourth-order valence-corrected chi connectivity index (χ4v) is 3.31. The van der Waals surface area contributed by atoms with Gasteiger partial charge in [0.1, 0.15) is 0 Å². The number of halogens is 1. The predicted octanol–water partition coefficient (Wildman–Crippen LogP) is 5.11. The SMILES string of the molecule is O=C(Nc1ccc(NC(=O)C2CCCCC2)c(Cl)c1)c1ccccc1. The van der Waals surface area contributed by atoms with Gasteiger partial charge in [-0.2, -0.15) is 0 Å². The Kier molecular flexibility index (Phi) is 5.71. The monoisotopic (exact) mass is 356 g/mol. The molecule has 0 saturated heterocycles. The Bertz CT molecular complexity index is 756. The Morgan fingerprint density at radius 3 is 2.32 bits per heavy atom. The molecule has 5 heteroatoms. The van der Waals surface area contributed by atoms with Gasteiger partial charge in [0, 0.05) is 17.2 Å².